The minimum atomic E-state index is -0.325. The number of allylic oxidation sites excluding steroid dienone is 3. The Morgan fingerprint density at radius 1 is 1.00 bits per heavy atom. The van der Waals surface area contributed by atoms with E-state index < -0.39 is 0 Å². The van der Waals surface area contributed by atoms with Gasteiger partial charge in [0.25, 0.3) is 0 Å². The largest absolute Gasteiger partial charge is 0.404 e. The zero-order valence-electron chi connectivity index (χ0n) is 11.5. The molecule has 0 bridgehead atoms. The van der Waals surface area contributed by atoms with Gasteiger partial charge in [0.05, 0.1) is 10.0 Å². The summed E-state index contributed by atoms with van der Waals surface area (Å²) in [5.41, 5.74) is 6.65. The van der Waals surface area contributed by atoms with Gasteiger partial charge in [-0.3, -0.25) is 4.79 Å². The highest BCUT2D eigenvalue weighted by molar-refractivity contribution is 6.43. The number of halogens is 2. The Labute approximate surface area is 141 Å². The monoisotopic (exact) mass is 339 g/mol. The van der Waals surface area contributed by atoms with Crippen LogP contribution >= 0.6 is 23.2 Å². The summed E-state index contributed by atoms with van der Waals surface area (Å²) in [7, 11) is 0. The highest BCUT2D eigenvalue weighted by Crippen LogP contribution is 2.41. The van der Waals surface area contributed by atoms with Gasteiger partial charge in [-0.1, -0.05) is 23.2 Å². The van der Waals surface area contributed by atoms with Gasteiger partial charge in [-0.2, -0.15) is 10.5 Å². The summed E-state index contributed by atoms with van der Waals surface area (Å²) in [6, 6.07) is 10.3. The van der Waals surface area contributed by atoms with E-state index in [4.69, 9.17) is 39.5 Å². The van der Waals surface area contributed by atoms with Crippen LogP contribution in [0.25, 0.3) is 16.3 Å². The average molecular weight is 340 g/mol. The number of Topliss-reactive ketones (excluding diaryl/α,β-unsaturated/α-hetero) is 1. The molecule has 6 heteroatoms. The number of nitrogens with two attached hydrogens (primary N) is 1. The average Bonchev–Trinajstić information content (AvgIpc) is 2.80. The van der Waals surface area contributed by atoms with Crippen LogP contribution in [0.2, 0.25) is 10.0 Å². The molecule has 1 aliphatic rings. The zero-order chi connectivity index (χ0) is 16.7. The van der Waals surface area contributed by atoms with Gasteiger partial charge in [0.2, 0.25) is 0 Å². The number of ketones is 1. The van der Waals surface area contributed by atoms with E-state index in [0.29, 0.717) is 21.2 Å². The summed E-state index contributed by atoms with van der Waals surface area (Å²) >= 11 is 12.0. The maximum absolute atomic E-state index is 12.5. The van der Waals surface area contributed by atoms with Gasteiger partial charge in [-0.15, -0.1) is 0 Å². The third-order valence-corrected chi connectivity index (χ3v) is 4.41. The second kappa shape index (κ2) is 5.44. The zero-order valence-corrected chi connectivity index (χ0v) is 13.0. The fourth-order valence-corrected chi connectivity index (χ4v) is 3.00. The number of fused-ring (bicyclic) bond motifs is 2. The second-order valence-corrected chi connectivity index (χ2v) is 5.71. The van der Waals surface area contributed by atoms with Gasteiger partial charge in [-0.05, 0) is 40.6 Å². The number of nitriles is 2. The lowest BCUT2D eigenvalue weighted by molar-refractivity contribution is 0.104. The number of carbonyl (C=O) groups is 1. The van der Waals surface area contributed by atoms with E-state index >= 15 is 0 Å². The van der Waals surface area contributed by atoms with E-state index in [1.807, 2.05) is 12.1 Å². The number of hydrogen-bond acceptors (Lipinski definition) is 4. The third-order valence-electron chi connectivity index (χ3n) is 3.68. The number of rotatable bonds is 0. The first-order valence-electron chi connectivity index (χ1n) is 6.46. The summed E-state index contributed by atoms with van der Waals surface area (Å²) in [4.78, 5) is 12.5. The van der Waals surface area contributed by atoms with Crippen molar-refractivity contribution in [3.05, 3.63) is 62.8 Å². The highest BCUT2D eigenvalue weighted by Gasteiger charge is 2.32. The van der Waals surface area contributed by atoms with E-state index in [1.54, 1.807) is 24.3 Å². The van der Waals surface area contributed by atoms with Crippen LogP contribution in [0.3, 0.4) is 0 Å². The molecule has 0 radical (unpaired) electrons. The normalized spacial score (nSPS) is 14.7. The minimum absolute atomic E-state index is 0.144. The van der Waals surface area contributed by atoms with Gasteiger partial charge in [0.15, 0.2) is 5.78 Å². The molecule has 0 aromatic heterocycles. The van der Waals surface area contributed by atoms with E-state index in [0.717, 1.165) is 17.0 Å². The minimum Gasteiger partial charge on any atom is -0.404 e. The molecule has 23 heavy (non-hydrogen) atoms. The van der Waals surface area contributed by atoms with Crippen molar-refractivity contribution in [2.75, 3.05) is 0 Å². The molecule has 0 atom stereocenters. The molecule has 2 N–H and O–H groups in total. The van der Waals surface area contributed by atoms with Crippen molar-refractivity contribution in [3.8, 4) is 12.1 Å². The van der Waals surface area contributed by atoms with Crippen LogP contribution in [0.5, 0.6) is 0 Å². The summed E-state index contributed by atoms with van der Waals surface area (Å²) in [6.07, 6.45) is 1.12. The molecule has 0 heterocycles. The first-order valence-corrected chi connectivity index (χ1v) is 7.22. The van der Waals surface area contributed by atoms with Crippen LogP contribution in [-0.4, -0.2) is 5.78 Å². The molecule has 4 nitrogen and oxygen atoms in total. The molecule has 0 spiro atoms. The molecule has 1 aliphatic carbocycles. The predicted octanol–water partition coefficient (Wildman–Crippen LogP) is 3.99. The van der Waals surface area contributed by atoms with Crippen LogP contribution in [0.4, 0.5) is 0 Å². The fourth-order valence-electron chi connectivity index (χ4n) is 2.66. The summed E-state index contributed by atoms with van der Waals surface area (Å²) in [5, 5.41) is 20.6. The van der Waals surface area contributed by atoms with Crippen LogP contribution in [0.15, 0.2) is 41.6 Å². The molecule has 2 aromatic rings. The smallest absolute Gasteiger partial charge is 0.195 e. The van der Waals surface area contributed by atoms with E-state index in [1.165, 1.54) is 0 Å². The lowest BCUT2D eigenvalue weighted by Crippen LogP contribution is -1.98. The molecular weight excluding hydrogens is 333 g/mol. The fraction of sp³-hybridized carbons (Fsp3) is 0. The molecule has 0 unspecified atom stereocenters. The molecule has 110 valence electrons. The SMILES string of the molecule is N#CC(C#N)=C1/C(=C\N)C(=O)c2cc3cc(Cl)c(Cl)cc3cc21. The highest BCUT2D eigenvalue weighted by atomic mass is 35.5. The Balaban J connectivity index is 2.45. The Morgan fingerprint density at radius 2 is 1.52 bits per heavy atom. The van der Waals surface area contributed by atoms with Gasteiger partial charge in [0, 0.05) is 22.9 Å². The second-order valence-electron chi connectivity index (χ2n) is 4.89. The molecule has 0 aliphatic heterocycles. The Morgan fingerprint density at radius 3 is 2.00 bits per heavy atom. The molecule has 0 saturated carbocycles. The van der Waals surface area contributed by atoms with Crippen molar-refractivity contribution >= 4 is 45.3 Å². The van der Waals surface area contributed by atoms with Crippen molar-refractivity contribution in [1.29, 1.82) is 10.5 Å². The molecule has 3 rings (SSSR count). The first-order chi connectivity index (χ1) is 11.0. The van der Waals surface area contributed by atoms with E-state index in [9.17, 15) is 4.79 Å². The van der Waals surface area contributed by atoms with Gasteiger partial charge in [-0.25, -0.2) is 0 Å². The van der Waals surface area contributed by atoms with Crippen molar-refractivity contribution < 1.29 is 4.79 Å². The number of nitrogens with zero attached hydrogens (tertiary/aromatic N) is 2. The summed E-state index contributed by atoms with van der Waals surface area (Å²) in [6.45, 7) is 0. The van der Waals surface area contributed by atoms with Gasteiger partial charge >= 0.3 is 0 Å². The molecule has 0 fully saturated rings. The van der Waals surface area contributed by atoms with Crippen LogP contribution in [0, 0.1) is 22.7 Å². The van der Waals surface area contributed by atoms with Crippen molar-refractivity contribution in [2.45, 2.75) is 0 Å². The van der Waals surface area contributed by atoms with E-state index in [-0.39, 0.29) is 22.5 Å². The number of carbonyl (C=O) groups excluding carboxylic acids is 1. The first kappa shape index (κ1) is 15.1. The van der Waals surface area contributed by atoms with Crippen LogP contribution in [-0.2, 0) is 0 Å². The Kier molecular flexibility index (Phi) is 3.58. The molecule has 2 aromatic carbocycles. The topological polar surface area (TPSA) is 90.7 Å². The number of hydrogen-bond donors (Lipinski definition) is 1. The molecule has 0 amide bonds. The summed E-state index contributed by atoms with van der Waals surface area (Å²) < 4.78 is 0. The summed E-state index contributed by atoms with van der Waals surface area (Å²) in [5.74, 6) is -0.325. The maximum atomic E-state index is 12.5. The molecule has 0 saturated heterocycles. The lowest BCUT2D eigenvalue weighted by Gasteiger charge is -2.05. The lowest BCUT2D eigenvalue weighted by atomic mass is 9.98. The number of benzene rings is 2. The van der Waals surface area contributed by atoms with Crippen molar-refractivity contribution in [3.63, 3.8) is 0 Å². The molecular formula is C17H7Cl2N3O. The standard InChI is InChI=1S/C17H7Cl2N3O/c18-14-3-8-1-11-12(2-9(8)4-15(14)19)17(23)13(7-22)16(11)10(5-20)6-21/h1-4,7H,22H2/b13-7+. The van der Waals surface area contributed by atoms with Crippen molar-refractivity contribution in [2.24, 2.45) is 5.73 Å². The van der Waals surface area contributed by atoms with Gasteiger partial charge in [0.1, 0.15) is 17.7 Å². The van der Waals surface area contributed by atoms with Crippen LogP contribution < -0.4 is 5.73 Å². The van der Waals surface area contributed by atoms with Gasteiger partial charge < -0.3 is 5.73 Å². The van der Waals surface area contributed by atoms with E-state index in [2.05, 4.69) is 0 Å². The Bertz CT molecular complexity index is 1020. The van der Waals surface area contributed by atoms with Crippen molar-refractivity contribution in [1.82, 2.24) is 0 Å². The third kappa shape index (κ3) is 2.17. The predicted molar refractivity (Wildman–Crippen MR) is 88.7 cm³/mol. The maximum Gasteiger partial charge on any atom is 0.195 e. The van der Waals surface area contributed by atoms with Crippen LogP contribution in [0.1, 0.15) is 15.9 Å². The Hall–Kier alpha value is -2.79. The quantitative estimate of drug-likeness (QED) is 0.580.